The predicted octanol–water partition coefficient (Wildman–Crippen LogP) is 2.07. The van der Waals surface area contributed by atoms with Gasteiger partial charge in [0.25, 0.3) is 0 Å². The van der Waals surface area contributed by atoms with E-state index in [0.717, 1.165) is 11.1 Å². The molecule has 0 N–H and O–H groups in total. The zero-order valence-corrected chi connectivity index (χ0v) is 6.49. The van der Waals surface area contributed by atoms with Gasteiger partial charge in [-0.1, -0.05) is 18.7 Å². The second-order valence-electron chi connectivity index (χ2n) is 2.21. The second-order valence-corrected chi connectivity index (χ2v) is 2.21. The summed E-state index contributed by atoms with van der Waals surface area (Å²) < 4.78 is 0. The molecule has 1 aromatic heterocycles. The van der Waals surface area contributed by atoms with Crippen LogP contribution in [0.15, 0.2) is 37.5 Å². The Morgan fingerprint density at radius 2 is 2.09 bits per heavy atom. The van der Waals surface area contributed by atoms with Crippen molar-refractivity contribution < 1.29 is 0 Å². The second kappa shape index (κ2) is 3.66. The maximum Gasteiger partial charge on any atom is 0.115 e. The van der Waals surface area contributed by atoms with Crippen LogP contribution in [0.3, 0.4) is 0 Å². The molecular weight excluding hydrogens is 136 g/mol. The molecule has 0 spiro atoms. The highest BCUT2D eigenvalue weighted by Gasteiger charge is 1.91. The lowest BCUT2D eigenvalue weighted by Crippen LogP contribution is -1.82. The van der Waals surface area contributed by atoms with Crippen molar-refractivity contribution in [3.05, 3.63) is 43.0 Å². The van der Waals surface area contributed by atoms with Gasteiger partial charge in [-0.3, -0.25) is 0 Å². The van der Waals surface area contributed by atoms with Gasteiger partial charge in [0, 0.05) is 18.0 Å². The Kier molecular flexibility index (Phi) is 2.55. The fourth-order valence-electron chi connectivity index (χ4n) is 0.776. The third kappa shape index (κ3) is 2.00. The topological polar surface area (TPSA) is 25.8 Å². The van der Waals surface area contributed by atoms with Crippen LogP contribution in [0.4, 0.5) is 0 Å². The van der Waals surface area contributed by atoms with Crippen LogP contribution in [0, 0.1) is 0 Å². The summed E-state index contributed by atoms with van der Waals surface area (Å²) in [5.41, 5.74) is 2.16. The Bertz CT molecular complexity index is 262. The van der Waals surface area contributed by atoms with Crippen LogP contribution < -0.4 is 0 Å². The number of hydrogen-bond donors (Lipinski definition) is 0. The number of rotatable bonds is 2. The number of hydrogen-bond acceptors (Lipinski definition) is 2. The number of aromatic nitrogens is 2. The molecule has 56 valence electrons. The van der Waals surface area contributed by atoms with Gasteiger partial charge in [-0.15, -0.1) is 0 Å². The molecule has 0 aliphatic rings. The summed E-state index contributed by atoms with van der Waals surface area (Å²) in [7, 11) is 0. The maximum atomic E-state index is 3.90. The van der Waals surface area contributed by atoms with Gasteiger partial charge in [-0.25, -0.2) is 9.97 Å². The lowest BCUT2D eigenvalue weighted by Gasteiger charge is -1.96. The van der Waals surface area contributed by atoms with E-state index in [2.05, 4.69) is 16.5 Å². The number of nitrogens with zero attached hydrogens (tertiary/aromatic N) is 2. The fraction of sp³-hybridized carbons (Fsp3) is 0.111. The quantitative estimate of drug-likeness (QED) is 0.597. The molecule has 2 heteroatoms. The van der Waals surface area contributed by atoms with Gasteiger partial charge in [0.15, 0.2) is 0 Å². The van der Waals surface area contributed by atoms with Crippen LogP contribution in [0.1, 0.15) is 12.5 Å². The normalized spacial score (nSPS) is 11.2. The molecule has 0 amide bonds. The Balaban J connectivity index is 2.94. The van der Waals surface area contributed by atoms with Gasteiger partial charge in [0.2, 0.25) is 0 Å². The SMILES string of the molecule is C=CC=C(C)c1cncnc1. The standard InChI is InChI=1S/C9H10N2/c1-3-4-8(2)9-5-10-7-11-6-9/h3-7H,1H2,2H3. The maximum absolute atomic E-state index is 3.90. The lowest BCUT2D eigenvalue weighted by molar-refractivity contribution is 1.15. The predicted molar refractivity (Wildman–Crippen MR) is 45.9 cm³/mol. The van der Waals surface area contributed by atoms with E-state index < -0.39 is 0 Å². The minimum absolute atomic E-state index is 1.03. The van der Waals surface area contributed by atoms with Crippen molar-refractivity contribution in [1.82, 2.24) is 9.97 Å². The average molecular weight is 146 g/mol. The van der Waals surface area contributed by atoms with Gasteiger partial charge in [0.1, 0.15) is 6.33 Å². The van der Waals surface area contributed by atoms with Crippen molar-refractivity contribution in [3.8, 4) is 0 Å². The summed E-state index contributed by atoms with van der Waals surface area (Å²) >= 11 is 0. The Morgan fingerprint density at radius 3 is 2.64 bits per heavy atom. The van der Waals surface area contributed by atoms with Crippen LogP contribution in [-0.2, 0) is 0 Å². The van der Waals surface area contributed by atoms with Gasteiger partial charge in [0.05, 0.1) is 0 Å². The summed E-state index contributed by atoms with van der Waals surface area (Å²) in [5, 5.41) is 0. The molecule has 0 saturated heterocycles. The molecule has 1 rings (SSSR count). The molecule has 0 atom stereocenters. The van der Waals surface area contributed by atoms with Gasteiger partial charge in [-0.2, -0.15) is 0 Å². The molecule has 0 radical (unpaired) electrons. The Labute approximate surface area is 66.3 Å². The molecule has 11 heavy (non-hydrogen) atoms. The highest BCUT2D eigenvalue weighted by atomic mass is 14.8. The van der Waals surface area contributed by atoms with E-state index in [1.54, 1.807) is 18.5 Å². The monoisotopic (exact) mass is 146 g/mol. The molecule has 0 fully saturated rings. The van der Waals surface area contributed by atoms with Crippen molar-refractivity contribution >= 4 is 5.57 Å². The molecule has 1 heterocycles. The minimum Gasteiger partial charge on any atom is -0.244 e. The van der Waals surface area contributed by atoms with E-state index in [9.17, 15) is 0 Å². The van der Waals surface area contributed by atoms with E-state index in [0.29, 0.717) is 0 Å². The summed E-state index contributed by atoms with van der Waals surface area (Å²) in [6, 6.07) is 0. The Hall–Kier alpha value is -1.44. The largest absolute Gasteiger partial charge is 0.244 e. The smallest absolute Gasteiger partial charge is 0.115 e. The van der Waals surface area contributed by atoms with E-state index in [4.69, 9.17) is 0 Å². The fourth-order valence-corrected chi connectivity index (χ4v) is 0.776. The van der Waals surface area contributed by atoms with Crippen LogP contribution in [0.2, 0.25) is 0 Å². The van der Waals surface area contributed by atoms with Crippen molar-refractivity contribution in [2.75, 3.05) is 0 Å². The zero-order valence-electron chi connectivity index (χ0n) is 6.49. The van der Waals surface area contributed by atoms with Gasteiger partial charge in [-0.05, 0) is 12.5 Å². The molecular formula is C9H10N2. The zero-order chi connectivity index (χ0) is 8.10. The van der Waals surface area contributed by atoms with Crippen molar-refractivity contribution in [3.63, 3.8) is 0 Å². The summed E-state index contributed by atoms with van der Waals surface area (Å²) in [6.45, 7) is 5.61. The van der Waals surface area contributed by atoms with E-state index in [1.165, 1.54) is 6.33 Å². The van der Waals surface area contributed by atoms with Crippen LogP contribution in [0.25, 0.3) is 5.57 Å². The molecule has 0 saturated carbocycles. The first kappa shape index (κ1) is 7.66. The molecule has 0 bridgehead atoms. The first-order valence-electron chi connectivity index (χ1n) is 3.39. The first-order valence-corrected chi connectivity index (χ1v) is 3.39. The summed E-state index contributed by atoms with van der Waals surface area (Å²) in [6.07, 6.45) is 8.76. The molecule has 2 nitrogen and oxygen atoms in total. The van der Waals surface area contributed by atoms with E-state index >= 15 is 0 Å². The molecule has 0 unspecified atom stereocenters. The molecule has 1 aromatic rings. The highest BCUT2D eigenvalue weighted by Crippen LogP contribution is 2.09. The van der Waals surface area contributed by atoms with Crippen molar-refractivity contribution in [1.29, 1.82) is 0 Å². The molecule has 0 aromatic carbocycles. The highest BCUT2D eigenvalue weighted by molar-refractivity contribution is 5.63. The third-order valence-electron chi connectivity index (χ3n) is 1.38. The minimum atomic E-state index is 1.03. The van der Waals surface area contributed by atoms with Crippen LogP contribution >= 0.6 is 0 Å². The third-order valence-corrected chi connectivity index (χ3v) is 1.38. The van der Waals surface area contributed by atoms with E-state index in [1.807, 2.05) is 13.0 Å². The first-order chi connectivity index (χ1) is 5.34. The summed E-state index contributed by atoms with van der Waals surface area (Å²) in [4.78, 5) is 7.80. The van der Waals surface area contributed by atoms with Gasteiger partial charge < -0.3 is 0 Å². The molecule has 0 aliphatic heterocycles. The van der Waals surface area contributed by atoms with E-state index in [-0.39, 0.29) is 0 Å². The molecule has 0 aliphatic carbocycles. The van der Waals surface area contributed by atoms with Crippen LogP contribution in [0.5, 0.6) is 0 Å². The van der Waals surface area contributed by atoms with Crippen molar-refractivity contribution in [2.24, 2.45) is 0 Å². The Morgan fingerprint density at radius 1 is 1.45 bits per heavy atom. The lowest BCUT2D eigenvalue weighted by atomic mass is 10.1. The number of allylic oxidation sites excluding steroid dienone is 3. The average Bonchev–Trinajstić information content (AvgIpc) is 2.07. The summed E-state index contributed by atoms with van der Waals surface area (Å²) in [5.74, 6) is 0. The van der Waals surface area contributed by atoms with Gasteiger partial charge >= 0.3 is 0 Å². The van der Waals surface area contributed by atoms with Crippen LogP contribution in [-0.4, -0.2) is 9.97 Å². The van der Waals surface area contributed by atoms with Crippen molar-refractivity contribution in [2.45, 2.75) is 6.92 Å².